The molecule has 3 rings (SSSR count). The lowest BCUT2D eigenvalue weighted by atomic mass is 9.77. The number of amides is 1. The van der Waals surface area contributed by atoms with Gasteiger partial charge in [0.2, 0.25) is 0 Å². The minimum Gasteiger partial charge on any atom is -0.506 e. The van der Waals surface area contributed by atoms with Gasteiger partial charge in [-0.2, -0.15) is 0 Å². The fraction of sp³-hybridized carbons (Fsp3) is 0.391. The summed E-state index contributed by atoms with van der Waals surface area (Å²) in [5.74, 6) is 0.0336. The van der Waals surface area contributed by atoms with E-state index in [1.54, 1.807) is 18.2 Å². The van der Waals surface area contributed by atoms with Crippen LogP contribution in [0.25, 0.3) is 6.08 Å². The Morgan fingerprint density at radius 1 is 1.13 bits per heavy atom. The van der Waals surface area contributed by atoms with Gasteiger partial charge in [0.1, 0.15) is 18.1 Å². The largest absolute Gasteiger partial charge is 0.506 e. The van der Waals surface area contributed by atoms with E-state index in [9.17, 15) is 9.90 Å². The average molecular weight is 424 g/mol. The quantitative estimate of drug-likeness (QED) is 0.681. The molecule has 0 aliphatic carbocycles. The van der Waals surface area contributed by atoms with Crippen LogP contribution in [0.5, 0.6) is 5.75 Å². The topological polar surface area (TPSA) is 89.9 Å². The van der Waals surface area contributed by atoms with Crippen molar-refractivity contribution in [1.82, 2.24) is 10.3 Å². The standard InChI is InChI=1S/C23H29BN2O5/c1-16-11-12-20(27)19(26-16)13-18(24-30-22(2,3)23(4,5)31-24)14-25-21(28)29-15-17-9-7-6-8-10-17/h6-13,27H,14-15H2,1-5H3,(H,25,28). The number of alkyl carbamates (subject to hydrolysis) is 1. The van der Waals surface area contributed by atoms with Crippen molar-refractivity contribution in [3.8, 4) is 5.75 Å². The van der Waals surface area contributed by atoms with Gasteiger partial charge in [-0.3, -0.25) is 0 Å². The third-order valence-corrected chi connectivity index (χ3v) is 5.57. The number of aromatic hydroxyl groups is 1. The molecule has 1 amide bonds. The number of rotatable bonds is 6. The van der Waals surface area contributed by atoms with Gasteiger partial charge in [-0.25, -0.2) is 9.78 Å². The maximum Gasteiger partial charge on any atom is 0.492 e. The van der Waals surface area contributed by atoms with Gasteiger partial charge in [0, 0.05) is 12.2 Å². The Morgan fingerprint density at radius 2 is 1.77 bits per heavy atom. The molecule has 1 aliphatic rings. The van der Waals surface area contributed by atoms with E-state index < -0.39 is 24.4 Å². The van der Waals surface area contributed by atoms with Crippen LogP contribution < -0.4 is 5.32 Å². The van der Waals surface area contributed by atoms with Crippen molar-refractivity contribution in [2.75, 3.05) is 6.54 Å². The van der Waals surface area contributed by atoms with Crippen LogP contribution in [-0.4, -0.2) is 41.0 Å². The monoisotopic (exact) mass is 424 g/mol. The summed E-state index contributed by atoms with van der Waals surface area (Å²) in [4.78, 5) is 16.6. The molecule has 1 aromatic heterocycles. The molecule has 0 radical (unpaired) electrons. The molecular formula is C23H29BN2O5. The summed E-state index contributed by atoms with van der Waals surface area (Å²) >= 11 is 0. The maximum atomic E-state index is 12.3. The van der Waals surface area contributed by atoms with E-state index in [0.717, 1.165) is 11.3 Å². The van der Waals surface area contributed by atoms with E-state index in [1.807, 2.05) is 65.0 Å². The number of carbonyl (C=O) groups excluding carboxylic acids is 1. The minimum atomic E-state index is -0.707. The van der Waals surface area contributed by atoms with Crippen molar-refractivity contribution in [3.63, 3.8) is 0 Å². The van der Waals surface area contributed by atoms with Crippen LogP contribution in [0.3, 0.4) is 0 Å². The first kappa shape index (κ1) is 22.8. The fourth-order valence-electron chi connectivity index (χ4n) is 3.00. The maximum absolute atomic E-state index is 12.3. The number of benzene rings is 1. The molecule has 2 aromatic rings. The van der Waals surface area contributed by atoms with Gasteiger partial charge < -0.3 is 24.5 Å². The van der Waals surface area contributed by atoms with Gasteiger partial charge in [0.05, 0.1) is 11.2 Å². The van der Waals surface area contributed by atoms with Crippen LogP contribution in [0.15, 0.2) is 47.9 Å². The first-order valence-corrected chi connectivity index (χ1v) is 10.2. The highest BCUT2D eigenvalue weighted by Gasteiger charge is 2.52. The number of pyridine rings is 1. The molecule has 164 valence electrons. The highest BCUT2D eigenvalue weighted by molar-refractivity contribution is 6.56. The molecule has 1 saturated heterocycles. The van der Waals surface area contributed by atoms with E-state index in [4.69, 9.17) is 14.0 Å². The van der Waals surface area contributed by atoms with E-state index in [2.05, 4.69) is 10.3 Å². The predicted octanol–water partition coefficient (Wildman–Crippen LogP) is 4.04. The number of nitrogens with zero attached hydrogens (tertiary/aromatic N) is 1. The number of carbonyl (C=O) groups is 1. The van der Waals surface area contributed by atoms with Crippen molar-refractivity contribution in [3.05, 3.63) is 64.9 Å². The first-order chi connectivity index (χ1) is 14.6. The zero-order chi connectivity index (χ0) is 22.6. The summed E-state index contributed by atoms with van der Waals surface area (Å²) in [5, 5.41) is 13.0. The number of aryl methyl sites for hydroxylation is 1. The highest BCUT2D eigenvalue weighted by atomic mass is 16.7. The van der Waals surface area contributed by atoms with Gasteiger partial charge in [0.15, 0.2) is 0 Å². The number of hydrogen-bond donors (Lipinski definition) is 2. The second-order valence-electron chi connectivity index (χ2n) is 8.58. The molecule has 2 heterocycles. The number of ether oxygens (including phenoxy) is 1. The molecular weight excluding hydrogens is 395 g/mol. The molecule has 8 heteroatoms. The molecule has 0 unspecified atom stereocenters. The molecule has 1 aliphatic heterocycles. The third-order valence-electron chi connectivity index (χ3n) is 5.57. The van der Waals surface area contributed by atoms with Gasteiger partial charge >= 0.3 is 13.2 Å². The lowest BCUT2D eigenvalue weighted by Gasteiger charge is -2.32. The Kier molecular flexibility index (Phi) is 6.72. The average Bonchev–Trinajstić information content (AvgIpc) is 2.94. The smallest absolute Gasteiger partial charge is 0.492 e. The molecule has 1 aromatic carbocycles. The Labute approximate surface area is 183 Å². The summed E-state index contributed by atoms with van der Waals surface area (Å²) in [6.07, 6.45) is 1.12. The first-order valence-electron chi connectivity index (χ1n) is 10.2. The molecule has 2 N–H and O–H groups in total. The number of hydrogen-bond acceptors (Lipinski definition) is 6. The molecule has 0 saturated carbocycles. The minimum absolute atomic E-state index is 0.0336. The zero-order valence-electron chi connectivity index (χ0n) is 18.6. The SMILES string of the molecule is Cc1ccc(O)c(C=C(CNC(=O)OCc2ccccc2)B2OC(C)(C)C(C)(C)O2)n1. The van der Waals surface area contributed by atoms with Crippen molar-refractivity contribution >= 4 is 19.3 Å². The Hall–Kier alpha value is -2.84. The van der Waals surface area contributed by atoms with E-state index in [0.29, 0.717) is 11.2 Å². The van der Waals surface area contributed by atoms with Crippen molar-refractivity contribution in [2.24, 2.45) is 0 Å². The zero-order valence-corrected chi connectivity index (χ0v) is 18.6. The molecule has 0 atom stereocenters. The summed E-state index contributed by atoms with van der Waals surface area (Å²) in [7, 11) is -0.707. The van der Waals surface area contributed by atoms with E-state index in [1.165, 1.54) is 0 Å². The summed E-state index contributed by atoms with van der Waals surface area (Å²) < 4.78 is 17.6. The summed E-state index contributed by atoms with van der Waals surface area (Å²) in [6.45, 7) is 9.93. The van der Waals surface area contributed by atoms with Gasteiger partial charge in [-0.05, 0) is 63.9 Å². The summed E-state index contributed by atoms with van der Waals surface area (Å²) in [5.41, 5.74) is 1.55. The second-order valence-corrected chi connectivity index (χ2v) is 8.58. The molecule has 1 fully saturated rings. The lowest BCUT2D eigenvalue weighted by molar-refractivity contribution is 0.00578. The van der Waals surface area contributed by atoms with Crippen LogP contribution in [0.1, 0.15) is 44.6 Å². The van der Waals surface area contributed by atoms with Crippen LogP contribution in [0.2, 0.25) is 0 Å². The van der Waals surface area contributed by atoms with Crippen molar-refractivity contribution in [2.45, 2.75) is 52.4 Å². The van der Waals surface area contributed by atoms with E-state index in [-0.39, 0.29) is 18.9 Å². The fourth-order valence-corrected chi connectivity index (χ4v) is 3.00. The normalized spacial score (nSPS) is 17.5. The van der Waals surface area contributed by atoms with Crippen LogP contribution in [0.4, 0.5) is 4.79 Å². The Bertz CT molecular complexity index is 944. The Morgan fingerprint density at radius 3 is 2.42 bits per heavy atom. The second kappa shape index (κ2) is 9.12. The van der Waals surface area contributed by atoms with Crippen molar-refractivity contribution in [1.29, 1.82) is 0 Å². The molecule has 7 nitrogen and oxygen atoms in total. The Balaban J connectivity index is 1.75. The van der Waals surface area contributed by atoms with Crippen LogP contribution in [-0.2, 0) is 20.7 Å². The van der Waals surface area contributed by atoms with Gasteiger partial charge in [0.25, 0.3) is 0 Å². The molecule has 0 spiro atoms. The number of nitrogens with one attached hydrogen (secondary N) is 1. The third kappa shape index (κ3) is 5.65. The predicted molar refractivity (Wildman–Crippen MR) is 119 cm³/mol. The lowest BCUT2D eigenvalue weighted by Crippen LogP contribution is -2.41. The van der Waals surface area contributed by atoms with Gasteiger partial charge in [-0.1, -0.05) is 30.3 Å². The number of aromatic nitrogens is 1. The van der Waals surface area contributed by atoms with Gasteiger partial charge in [-0.15, -0.1) is 0 Å². The van der Waals surface area contributed by atoms with Crippen LogP contribution in [0, 0.1) is 6.92 Å². The van der Waals surface area contributed by atoms with Crippen molar-refractivity contribution < 1.29 is 23.9 Å². The van der Waals surface area contributed by atoms with Crippen LogP contribution >= 0.6 is 0 Å². The van der Waals surface area contributed by atoms with E-state index >= 15 is 0 Å². The highest BCUT2D eigenvalue weighted by Crippen LogP contribution is 2.39. The summed E-state index contributed by atoms with van der Waals surface area (Å²) in [6, 6.07) is 12.7. The molecule has 31 heavy (non-hydrogen) atoms. The molecule has 0 bridgehead atoms.